The first-order valence-corrected chi connectivity index (χ1v) is 9.54. The number of aliphatic hydroxyl groups is 1. The highest BCUT2D eigenvalue weighted by Crippen LogP contribution is 2.66. The zero-order chi connectivity index (χ0) is 18.1. The van der Waals surface area contributed by atoms with Crippen LogP contribution in [-0.2, 0) is 9.59 Å². The van der Waals surface area contributed by atoms with E-state index in [1.165, 1.54) is 0 Å². The number of carbonyl (C=O) groups excluding carboxylic acids is 1. The van der Waals surface area contributed by atoms with Crippen molar-refractivity contribution in [3.63, 3.8) is 0 Å². The van der Waals surface area contributed by atoms with Crippen molar-refractivity contribution in [2.45, 2.75) is 52.6 Å². The molecule has 0 bridgehead atoms. The van der Waals surface area contributed by atoms with E-state index in [1.54, 1.807) is 12.2 Å². The minimum atomic E-state index is -0.713. The second-order valence-electron chi connectivity index (χ2n) is 9.30. The lowest BCUT2D eigenvalue weighted by atomic mass is 9.45. The van der Waals surface area contributed by atoms with E-state index in [9.17, 15) is 19.8 Å². The fourth-order valence-corrected chi connectivity index (χ4v) is 7.16. The van der Waals surface area contributed by atoms with Gasteiger partial charge in [-0.3, -0.25) is 9.59 Å². The summed E-state index contributed by atoms with van der Waals surface area (Å²) in [6, 6.07) is 0. The second kappa shape index (κ2) is 5.29. The van der Waals surface area contributed by atoms with Gasteiger partial charge in [0.1, 0.15) is 0 Å². The van der Waals surface area contributed by atoms with Crippen LogP contribution in [0.15, 0.2) is 23.8 Å². The molecule has 0 radical (unpaired) electrons. The number of aliphatic hydroxyl groups excluding tert-OH is 1. The third kappa shape index (κ3) is 2.16. The van der Waals surface area contributed by atoms with Gasteiger partial charge in [0.05, 0.1) is 12.0 Å². The molecule has 0 spiro atoms. The maximum atomic E-state index is 11.9. The number of rotatable bonds is 1. The summed E-state index contributed by atoms with van der Waals surface area (Å²) < 4.78 is 0. The molecule has 4 nitrogen and oxygen atoms in total. The van der Waals surface area contributed by atoms with Crippen molar-refractivity contribution in [1.29, 1.82) is 0 Å². The smallest absolute Gasteiger partial charge is 0.307 e. The molecule has 0 amide bonds. The Labute approximate surface area is 149 Å². The average Bonchev–Trinajstić information content (AvgIpc) is 2.85. The van der Waals surface area contributed by atoms with Crippen molar-refractivity contribution in [1.82, 2.24) is 0 Å². The summed E-state index contributed by atoms with van der Waals surface area (Å²) in [6.07, 6.45) is 8.05. The van der Waals surface area contributed by atoms with Crippen LogP contribution in [0.4, 0.5) is 0 Å². The van der Waals surface area contributed by atoms with Crippen molar-refractivity contribution < 1.29 is 19.8 Å². The van der Waals surface area contributed by atoms with Crippen molar-refractivity contribution >= 4 is 11.8 Å². The van der Waals surface area contributed by atoms with Gasteiger partial charge in [-0.2, -0.15) is 0 Å². The van der Waals surface area contributed by atoms with Crippen LogP contribution >= 0.6 is 0 Å². The van der Waals surface area contributed by atoms with Crippen LogP contribution in [0.25, 0.3) is 0 Å². The molecule has 0 saturated heterocycles. The van der Waals surface area contributed by atoms with Crippen LogP contribution in [-0.4, -0.2) is 28.1 Å². The van der Waals surface area contributed by atoms with Crippen LogP contribution in [0.1, 0.15) is 46.5 Å². The number of hydrogen-bond donors (Lipinski definition) is 2. The van der Waals surface area contributed by atoms with E-state index in [2.05, 4.69) is 20.8 Å². The number of fused-ring (bicyclic) bond motifs is 5. The third-order valence-corrected chi connectivity index (χ3v) is 8.11. The number of allylic oxidation sites excluding steroid dienone is 4. The van der Waals surface area contributed by atoms with E-state index in [-0.39, 0.29) is 28.4 Å². The summed E-state index contributed by atoms with van der Waals surface area (Å²) in [4.78, 5) is 23.7. The number of carboxylic acid groups (broad SMARTS) is 1. The van der Waals surface area contributed by atoms with E-state index in [4.69, 9.17) is 0 Å². The van der Waals surface area contributed by atoms with Gasteiger partial charge in [-0.15, -0.1) is 0 Å². The van der Waals surface area contributed by atoms with Gasteiger partial charge in [0.2, 0.25) is 0 Å². The SMILES string of the molecule is C[C@H]1C[C@@H]2[C@H]([C@@H](O)C[C@]3(C)[C@@H](C(=O)O)CC[C@@H]23)[C@@]2(C)C=CC(=O)C=C12. The molecule has 136 valence electrons. The van der Waals surface area contributed by atoms with E-state index >= 15 is 0 Å². The van der Waals surface area contributed by atoms with Gasteiger partial charge in [0, 0.05) is 11.3 Å². The van der Waals surface area contributed by atoms with Gasteiger partial charge in [0.25, 0.3) is 0 Å². The molecule has 4 rings (SSSR count). The molecule has 4 aliphatic rings. The molecule has 0 unspecified atom stereocenters. The lowest BCUT2D eigenvalue weighted by molar-refractivity contribution is -0.156. The predicted octanol–water partition coefficient (Wildman–Crippen LogP) is 3.21. The summed E-state index contributed by atoms with van der Waals surface area (Å²) in [7, 11) is 0. The maximum Gasteiger partial charge on any atom is 0.307 e. The Morgan fingerprint density at radius 2 is 2.00 bits per heavy atom. The van der Waals surface area contributed by atoms with E-state index < -0.39 is 12.1 Å². The molecule has 8 atom stereocenters. The molecule has 4 heteroatoms. The highest BCUT2D eigenvalue weighted by Gasteiger charge is 2.63. The van der Waals surface area contributed by atoms with E-state index in [1.807, 2.05) is 6.08 Å². The molecule has 2 N–H and O–H groups in total. The van der Waals surface area contributed by atoms with Crippen LogP contribution in [0.5, 0.6) is 0 Å². The van der Waals surface area contributed by atoms with Crippen LogP contribution in [0, 0.1) is 40.4 Å². The lowest BCUT2D eigenvalue weighted by Gasteiger charge is -2.59. The summed E-state index contributed by atoms with van der Waals surface area (Å²) >= 11 is 0. The molecule has 0 aromatic heterocycles. The highest BCUT2D eigenvalue weighted by atomic mass is 16.4. The average molecular weight is 344 g/mol. The van der Waals surface area contributed by atoms with Gasteiger partial charge in [-0.1, -0.05) is 32.4 Å². The first-order valence-electron chi connectivity index (χ1n) is 9.54. The Kier molecular flexibility index (Phi) is 3.60. The number of carbonyl (C=O) groups is 2. The fourth-order valence-electron chi connectivity index (χ4n) is 7.16. The number of aliphatic carboxylic acids is 1. The normalized spacial score (nSPS) is 51.4. The molecule has 3 fully saturated rings. The highest BCUT2D eigenvalue weighted by molar-refractivity contribution is 6.01. The van der Waals surface area contributed by atoms with Gasteiger partial charge < -0.3 is 10.2 Å². The fraction of sp³-hybridized carbons (Fsp3) is 0.714. The van der Waals surface area contributed by atoms with Crippen molar-refractivity contribution in [3.8, 4) is 0 Å². The van der Waals surface area contributed by atoms with Crippen LogP contribution in [0.3, 0.4) is 0 Å². The van der Waals surface area contributed by atoms with Gasteiger partial charge >= 0.3 is 5.97 Å². The molecule has 3 saturated carbocycles. The summed E-state index contributed by atoms with van der Waals surface area (Å²) in [5.41, 5.74) is 0.535. The summed E-state index contributed by atoms with van der Waals surface area (Å²) in [5, 5.41) is 20.8. The summed E-state index contributed by atoms with van der Waals surface area (Å²) in [6.45, 7) is 6.42. The van der Waals surface area contributed by atoms with Gasteiger partial charge in [-0.05, 0) is 61.0 Å². The quantitative estimate of drug-likeness (QED) is 0.766. The van der Waals surface area contributed by atoms with Gasteiger partial charge in [-0.25, -0.2) is 0 Å². The van der Waals surface area contributed by atoms with Crippen LogP contribution < -0.4 is 0 Å². The molecule has 0 aromatic rings. The van der Waals surface area contributed by atoms with E-state index in [0.717, 1.165) is 18.4 Å². The van der Waals surface area contributed by atoms with Crippen molar-refractivity contribution in [2.24, 2.45) is 40.4 Å². The number of ketones is 1. The monoisotopic (exact) mass is 344 g/mol. The molecule has 4 aliphatic carbocycles. The Hall–Kier alpha value is -1.42. The molecule has 25 heavy (non-hydrogen) atoms. The van der Waals surface area contributed by atoms with E-state index in [0.29, 0.717) is 30.6 Å². The summed E-state index contributed by atoms with van der Waals surface area (Å²) in [5.74, 6) is -0.00346. The van der Waals surface area contributed by atoms with Gasteiger partial charge in [0.15, 0.2) is 5.78 Å². The largest absolute Gasteiger partial charge is 0.481 e. The molecule has 0 heterocycles. The Bertz CT molecular complexity index is 692. The standard InChI is InChI=1S/C21H28O4/c1-11-8-13-14-4-5-15(19(24)25)21(14,3)10-17(23)18(13)20(2)7-6-12(22)9-16(11)20/h6-7,9,11,13-15,17-18,23H,4-5,8,10H2,1-3H3,(H,24,25)/t11-,13-,14-,15+,17-,18+,20-,21-/m0/s1. The topological polar surface area (TPSA) is 74.6 Å². The number of carboxylic acids is 1. The second-order valence-corrected chi connectivity index (χ2v) is 9.30. The molecule has 0 aliphatic heterocycles. The Balaban J connectivity index is 1.77. The predicted molar refractivity (Wildman–Crippen MR) is 93.7 cm³/mol. The number of hydrogen-bond acceptors (Lipinski definition) is 3. The minimum Gasteiger partial charge on any atom is -0.481 e. The maximum absolute atomic E-state index is 11.9. The first kappa shape index (κ1) is 17.0. The lowest BCUT2D eigenvalue weighted by Crippen LogP contribution is -2.57. The Morgan fingerprint density at radius 1 is 1.28 bits per heavy atom. The van der Waals surface area contributed by atoms with Crippen LogP contribution in [0.2, 0.25) is 0 Å². The van der Waals surface area contributed by atoms with Crippen molar-refractivity contribution in [2.75, 3.05) is 0 Å². The van der Waals surface area contributed by atoms with Crippen molar-refractivity contribution in [3.05, 3.63) is 23.8 Å². The minimum absolute atomic E-state index is 0.0414. The zero-order valence-electron chi connectivity index (χ0n) is 15.2. The molecule has 0 aromatic carbocycles. The zero-order valence-corrected chi connectivity index (χ0v) is 15.2. The first-order chi connectivity index (χ1) is 11.7. The Morgan fingerprint density at radius 3 is 2.68 bits per heavy atom. The third-order valence-electron chi connectivity index (χ3n) is 8.11. The molecular formula is C21H28O4. The molecular weight excluding hydrogens is 316 g/mol.